The Bertz CT molecular complexity index is 911. The summed E-state index contributed by atoms with van der Waals surface area (Å²) in [5.41, 5.74) is 1.74. The second-order valence-corrected chi connectivity index (χ2v) is 5.93. The van der Waals surface area contributed by atoms with Crippen molar-refractivity contribution in [1.29, 1.82) is 0 Å². The molecule has 0 spiro atoms. The third kappa shape index (κ3) is 4.95. The molecule has 3 aromatic rings. The molecule has 0 radical (unpaired) electrons. The fraction of sp³-hybridized carbons (Fsp3) is 0.0909. The van der Waals surface area contributed by atoms with Crippen LogP contribution in [0.25, 0.3) is 0 Å². The second kappa shape index (κ2) is 8.67. The number of rotatable bonds is 6. The SMILES string of the molecule is C[C@@H](Oc1ccccc1C(=O)Nc1ccccc1)C(=O)Nc1ccccc1. The van der Waals surface area contributed by atoms with Crippen molar-refractivity contribution in [2.24, 2.45) is 0 Å². The normalized spacial score (nSPS) is 11.3. The zero-order chi connectivity index (χ0) is 19.1. The van der Waals surface area contributed by atoms with Gasteiger partial charge in [0.25, 0.3) is 11.8 Å². The van der Waals surface area contributed by atoms with E-state index in [1.165, 1.54) is 0 Å². The maximum absolute atomic E-state index is 12.6. The van der Waals surface area contributed by atoms with Gasteiger partial charge in [0.05, 0.1) is 5.56 Å². The topological polar surface area (TPSA) is 67.4 Å². The predicted octanol–water partition coefficient (Wildman–Crippen LogP) is 4.34. The number of hydrogen-bond acceptors (Lipinski definition) is 3. The maximum atomic E-state index is 12.6. The minimum Gasteiger partial charge on any atom is -0.480 e. The van der Waals surface area contributed by atoms with Gasteiger partial charge in [-0.2, -0.15) is 0 Å². The molecule has 0 aliphatic carbocycles. The van der Waals surface area contributed by atoms with E-state index in [2.05, 4.69) is 10.6 Å². The molecular formula is C22H20N2O3. The average Bonchev–Trinajstić information content (AvgIpc) is 2.70. The lowest BCUT2D eigenvalue weighted by atomic mass is 10.1. The standard InChI is InChI=1S/C22H20N2O3/c1-16(21(25)23-17-10-4-2-5-11-17)27-20-15-9-8-14-19(20)22(26)24-18-12-6-3-7-13-18/h2-16H,1H3,(H,23,25)(H,24,26)/t16-/m1/s1. The summed E-state index contributed by atoms with van der Waals surface area (Å²) < 4.78 is 5.77. The molecule has 0 unspecified atom stereocenters. The van der Waals surface area contributed by atoms with Gasteiger partial charge >= 0.3 is 0 Å². The highest BCUT2D eigenvalue weighted by molar-refractivity contribution is 6.06. The summed E-state index contributed by atoms with van der Waals surface area (Å²) in [5.74, 6) is -0.242. The van der Waals surface area contributed by atoms with Gasteiger partial charge in [0.2, 0.25) is 0 Å². The first-order valence-corrected chi connectivity index (χ1v) is 8.61. The summed E-state index contributed by atoms with van der Waals surface area (Å²) in [6, 6.07) is 25.2. The van der Waals surface area contributed by atoms with E-state index in [1.54, 1.807) is 55.5 Å². The summed E-state index contributed by atoms with van der Waals surface area (Å²) in [6.45, 7) is 1.64. The monoisotopic (exact) mass is 360 g/mol. The Morgan fingerprint density at radius 1 is 0.741 bits per heavy atom. The molecule has 3 rings (SSSR count). The quantitative estimate of drug-likeness (QED) is 0.687. The van der Waals surface area contributed by atoms with E-state index < -0.39 is 6.10 Å². The van der Waals surface area contributed by atoms with E-state index in [0.29, 0.717) is 22.7 Å². The predicted molar refractivity (Wildman–Crippen MR) is 106 cm³/mol. The molecule has 136 valence electrons. The Hall–Kier alpha value is -3.60. The Balaban J connectivity index is 1.70. The molecule has 5 heteroatoms. The molecule has 0 heterocycles. The number of nitrogens with one attached hydrogen (secondary N) is 2. The van der Waals surface area contributed by atoms with Crippen LogP contribution in [0.5, 0.6) is 5.75 Å². The summed E-state index contributed by atoms with van der Waals surface area (Å²) in [6.07, 6.45) is -0.768. The fourth-order valence-electron chi connectivity index (χ4n) is 2.49. The van der Waals surface area contributed by atoms with Crippen LogP contribution in [-0.2, 0) is 4.79 Å². The number of benzene rings is 3. The van der Waals surface area contributed by atoms with Crippen LogP contribution in [0.3, 0.4) is 0 Å². The zero-order valence-electron chi connectivity index (χ0n) is 14.9. The van der Waals surface area contributed by atoms with Gasteiger partial charge in [0.15, 0.2) is 6.10 Å². The molecule has 1 atom stereocenters. The van der Waals surface area contributed by atoms with Gasteiger partial charge in [-0.25, -0.2) is 0 Å². The van der Waals surface area contributed by atoms with Crippen LogP contribution in [0.1, 0.15) is 17.3 Å². The molecule has 0 aliphatic rings. The van der Waals surface area contributed by atoms with Gasteiger partial charge in [-0.05, 0) is 43.3 Å². The lowest BCUT2D eigenvalue weighted by Crippen LogP contribution is -2.30. The fourth-order valence-corrected chi connectivity index (χ4v) is 2.49. The van der Waals surface area contributed by atoms with Crippen molar-refractivity contribution < 1.29 is 14.3 Å². The van der Waals surface area contributed by atoms with Gasteiger partial charge in [-0.3, -0.25) is 9.59 Å². The molecule has 0 saturated heterocycles. The molecule has 2 N–H and O–H groups in total. The number of ether oxygens (including phenoxy) is 1. The van der Waals surface area contributed by atoms with Gasteiger partial charge in [-0.15, -0.1) is 0 Å². The molecule has 3 aromatic carbocycles. The van der Waals surface area contributed by atoms with E-state index >= 15 is 0 Å². The first-order valence-electron chi connectivity index (χ1n) is 8.61. The molecule has 0 bridgehead atoms. The zero-order valence-corrected chi connectivity index (χ0v) is 14.9. The van der Waals surface area contributed by atoms with Crippen LogP contribution in [-0.4, -0.2) is 17.9 Å². The van der Waals surface area contributed by atoms with Crippen molar-refractivity contribution in [3.63, 3.8) is 0 Å². The largest absolute Gasteiger partial charge is 0.480 e. The first kappa shape index (κ1) is 18.2. The van der Waals surface area contributed by atoms with Gasteiger partial charge < -0.3 is 15.4 Å². The number of carbonyl (C=O) groups excluding carboxylic acids is 2. The molecule has 0 saturated carbocycles. The van der Waals surface area contributed by atoms with Crippen molar-refractivity contribution in [2.45, 2.75) is 13.0 Å². The van der Waals surface area contributed by atoms with E-state index in [0.717, 1.165) is 0 Å². The van der Waals surface area contributed by atoms with Crippen molar-refractivity contribution in [3.8, 4) is 5.75 Å². The van der Waals surface area contributed by atoms with Crippen molar-refractivity contribution in [3.05, 3.63) is 90.5 Å². The molecule has 0 aliphatic heterocycles. The van der Waals surface area contributed by atoms with Crippen LogP contribution < -0.4 is 15.4 Å². The molecule has 2 amide bonds. The highest BCUT2D eigenvalue weighted by Crippen LogP contribution is 2.21. The molecule has 27 heavy (non-hydrogen) atoms. The number of para-hydroxylation sites is 3. The van der Waals surface area contributed by atoms with Crippen molar-refractivity contribution in [2.75, 3.05) is 10.6 Å². The Kier molecular flexibility index (Phi) is 5.84. The molecular weight excluding hydrogens is 340 g/mol. The Morgan fingerprint density at radius 2 is 1.26 bits per heavy atom. The van der Waals surface area contributed by atoms with E-state index in [4.69, 9.17) is 4.74 Å². The number of anilines is 2. The van der Waals surface area contributed by atoms with E-state index in [-0.39, 0.29) is 11.8 Å². The summed E-state index contributed by atoms with van der Waals surface area (Å²) in [5, 5.41) is 5.61. The third-order valence-electron chi connectivity index (χ3n) is 3.88. The average molecular weight is 360 g/mol. The Morgan fingerprint density at radius 3 is 1.89 bits per heavy atom. The lowest BCUT2D eigenvalue weighted by Gasteiger charge is -2.17. The van der Waals surface area contributed by atoms with Gasteiger partial charge in [0, 0.05) is 11.4 Å². The summed E-state index contributed by atoms with van der Waals surface area (Å²) >= 11 is 0. The maximum Gasteiger partial charge on any atom is 0.265 e. The van der Waals surface area contributed by atoms with Crippen LogP contribution in [0.4, 0.5) is 11.4 Å². The number of carbonyl (C=O) groups is 2. The number of amides is 2. The van der Waals surface area contributed by atoms with E-state index in [9.17, 15) is 9.59 Å². The van der Waals surface area contributed by atoms with Gasteiger partial charge in [0.1, 0.15) is 5.75 Å². The number of hydrogen-bond donors (Lipinski definition) is 2. The lowest BCUT2D eigenvalue weighted by molar-refractivity contribution is -0.122. The highest BCUT2D eigenvalue weighted by Gasteiger charge is 2.19. The van der Waals surface area contributed by atoms with Crippen LogP contribution >= 0.6 is 0 Å². The first-order chi connectivity index (χ1) is 13.1. The Labute approximate surface area is 158 Å². The van der Waals surface area contributed by atoms with Crippen molar-refractivity contribution in [1.82, 2.24) is 0 Å². The smallest absolute Gasteiger partial charge is 0.265 e. The van der Waals surface area contributed by atoms with Crippen molar-refractivity contribution >= 4 is 23.2 Å². The highest BCUT2D eigenvalue weighted by atomic mass is 16.5. The summed E-state index contributed by atoms with van der Waals surface area (Å²) in [7, 11) is 0. The summed E-state index contributed by atoms with van der Waals surface area (Å²) in [4.78, 5) is 24.9. The minimum absolute atomic E-state index is 0.292. The molecule has 5 nitrogen and oxygen atoms in total. The van der Waals surface area contributed by atoms with E-state index in [1.807, 2.05) is 36.4 Å². The van der Waals surface area contributed by atoms with Crippen LogP contribution in [0.2, 0.25) is 0 Å². The van der Waals surface area contributed by atoms with Crippen LogP contribution in [0, 0.1) is 0 Å². The van der Waals surface area contributed by atoms with Crippen LogP contribution in [0.15, 0.2) is 84.9 Å². The third-order valence-corrected chi connectivity index (χ3v) is 3.88. The second-order valence-electron chi connectivity index (χ2n) is 5.93. The minimum atomic E-state index is -0.768. The molecule has 0 fully saturated rings. The molecule has 0 aromatic heterocycles. The van der Waals surface area contributed by atoms with Gasteiger partial charge in [-0.1, -0.05) is 48.5 Å².